The SMILES string of the molecule is CC(=O)Nc1ccc(C(=O)N2CC(CC(=O)O)C2)cc1. The van der Waals surface area contributed by atoms with Crippen LogP contribution in [0.3, 0.4) is 0 Å². The lowest BCUT2D eigenvalue weighted by Crippen LogP contribution is -2.50. The van der Waals surface area contributed by atoms with E-state index >= 15 is 0 Å². The quantitative estimate of drug-likeness (QED) is 0.865. The summed E-state index contributed by atoms with van der Waals surface area (Å²) >= 11 is 0. The van der Waals surface area contributed by atoms with E-state index in [1.165, 1.54) is 6.92 Å². The molecule has 0 radical (unpaired) electrons. The van der Waals surface area contributed by atoms with Gasteiger partial charge in [-0.15, -0.1) is 0 Å². The van der Waals surface area contributed by atoms with Gasteiger partial charge in [-0.2, -0.15) is 0 Å². The van der Waals surface area contributed by atoms with Crippen LogP contribution in [-0.4, -0.2) is 40.9 Å². The number of carbonyl (C=O) groups is 3. The van der Waals surface area contributed by atoms with Crippen molar-refractivity contribution in [2.75, 3.05) is 18.4 Å². The molecule has 6 nitrogen and oxygen atoms in total. The number of benzene rings is 1. The van der Waals surface area contributed by atoms with Crippen LogP contribution in [0.15, 0.2) is 24.3 Å². The first-order valence-corrected chi connectivity index (χ1v) is 6.34. The van der Waals surface area contributed by atoms with E-state index in [-0.39, 0.29) is 24.2 Å². The number of nitrogens with zero attached hydrogens (tertiary/aromatic N) is 1. The molecule has 20 heavy (non-hydrogen) atoms. The molecule has 1 aromatic rings. The smallest absolute Gasteiger partial charge is 0.303 e. The van der Waals surface area contributed by atoms with Crippen molar-refractivity contribution in [3.63, 3.8) is 0 Å². The van der Waals surface area contributed by atoms with Gasteiger partial charge in [0.2, 0.25) is 5.91 Å². The summed E-state index contributed by atoms with van der Waals surface area (Å²) in [7, 11) is 0. The Hall–Kier alpha value is -2.37. The van der Waals surface area contributed by atoms with E-state index in [0.29, 0.717) is 24.3 Å². The third kappa shape index (κ3) is 3.34. The van der Waals surface area contributed by atoms with E-state index in [2.05, 4.69) is 5.32 Å². The van der Waals surface area contributed by atoms with Gasteiger partial charge in [0.05, 0.1) is 6.42 Å². The van der Waals surface area contributed by atoms with Crippen LogP contribution < -0.4 is 5.32 Å². The molecule has 1 aliphatic rings. The van der Waals surface area contributed by atoms with Crippen LogP contribution in [0.4, 0.5) is 5.69 Å². The average Bonchev–Trinajstić information content (AvgIpc) is 2.32. The highest BCUT2D eigenvalue weighted by molar-refractivity contribution is 5.96. The number of nitrogens with one attached hydrogen (secondary N) is 1. The number of carbonyl (C=O) groups excluding carboxylic acids is 2. The Kier molecular flexibility index (Phi) is 4.02. The second-order valence-electron chi connectivity index (χ2n) is 4.93. The Morgan fingerprint density at radius 3 is 2.35 bits per heavy atom. The minimum Gasteiger partial charge on any atom is -0.481 e. The maximum atomic E-state index is 12.1. The number of aliphatic carboxylic acids is 1. The molecule has 106 valence electrons. The van der Waals surface area contributed by atoms with Crippen molar-refractivity contribution in [1.29, 1.82) is 0 Å². The maximum absolute atomic E-state index is 12.1. The number of amides is 2. The molecule has 2 rings (SSSR count). The molecule has 1 aliphatic heterocycles. The Bertz CT molecular complexity index is 533. The first-order chi connectivity index (χ1) is 9.45. The third-order valence-corrected chi connectivity index (χ3v) is 3.16. The molecular formula is C14H16N2O4. The molecular weight excluding hydrogens is 260 g/mol. The van der Waals surface area contributed by atoms with Gasteiger partial charge in [0, 0.05) is 37.2 Å². The summed E-state index contributed by atoms with van der Waals surface area (Å²) in [5.41, 5.74) is 1.18. The Labute approximate surface area is 116 Å². The largest absolute Gasteiger partial charge is 0.481 e. The molecule has 0 aliphatic carbocycles. The van der Waals surface area contributed by atoms with Crippen LogP contribution in [0.1, 0.15) is 23.7 Å². The van der Waals surface area contributed by atoms with Crippen molar-refractivity contribution < 1.29 is 19.5 Å². The van der Waals surface area contributed by atoms with Crippen LogP contribution in [0.2, 0.25) is 0 Å². The summed E-state index contributed by atoms with van der Waals surface area (Å²) < 4.78 is 0. The topological polar surface area (TPSA) is 86.7 Å². The van der Waals surface area contributed by atoms with E-state index in [9.17, 15) is 14.4 Å². The fourth-order valence-corrected chi connectivity index (χ4v) is 2.19. The number of hydrogen-bond donors (Lipinski definition) is 2. The fourth-order valence-electron chi connectivity index (χ4n) is 2.19. The summed E-state index contributed by atoms with van der Waals surface area (Å²) in [4.78, 5) is 35.1. The van der Waals surface area contributed by atoms with Gasteiger partial charge < -0.3 is 15.3 Å². The van der Waals surface area contributed by atoms with Crippen LogP contribution >= 0.6 is 0 Å². The normalized spacial score (nSPS) is 14.6. The highest BCUT2D eigenvalue weighted by Crippen LogP contribution is 2.22. The summed E-state index contributed by atoms with van der Waals surface area (Å²) in [5.74, 6) is -1.05. The maximum Gasteiger partial charge on any atom is 0.303 e. The standard InChI is InChI=1S/C14H16N2O4/c1-9(17)15-12-4-2-11(3-5-12)14(20)16-7-10(8-16)6-13(18)19/h2-5,10H,6-8H2,1H3,(H,15,17)(H,18,19). The molecule has 1 heterocycles. The summed E-state index contributed by atoms with van der Waals surface area (Å²) in [6, 6.07) is 6.64. The average molecular weight is 276 g/mol. The molecule has 1 aromatic carbocycles. The summed E-state index contributed by atoms with van der Waals surface area (Å²) in [6.07, 6.45) is 0.102. The number of anilines is 1. The van der Waals surface area contributed by atoms with Gasteiger partial charge in [-0.25, -0.2) is 0 Å². The highest BCUT2D eigenvalue weighted by atomic mass is 16.4. The van der Waals surface area contributed by atoms with Gasteiger partial charge in [0.25, 0.3) is 5.91 Å². The van der Waals surface area contributed by atoms with Crippen molar-refractivity contribution in [3.8, 4) is 0 Å². The van der Waals surface area contributed by atoms with Gasteiger partial charge in [-0.05, 0) is 24.3 Å². The van der Waals surface area contributed by atoms with Gasteiger partial charge >= 0.3 is 5.97 Å². The van der Waals surface area contributed by atoms with Crippen LogP contribution in [0.5, 0.6) is 0 Å². The van der Waals surface area contributed by atoms with Gasteiger partial charge in [-0.3, -0.25) is 14.4 Å². The predicted molar refractivity (Wildman–Crippen MR) is 72.4 cm³/mol. The van der Waals surface area contributed by atoms with Gasteiger partial charge in [0.15, 0.2) is 0 Å². The lowest BCUT2D eigenvalue weighted by molar-refractivity contribution is -0.139. The van der Waals surface area contributed by atoms with Crippen molar-refractivity contribution in [2.45, 2.75) is 13.3 Å². The van der Waals surface area contributed by atoms with E-state index in [1.807, 2.05) is 0 Å². The zero-order valence-electron chi connectivity index (χ0n) is 11.1. The van der Waals surface area contributed by atoms with E-state index in [0.717, 1.165) is 0 Å². The zero-order chi connectivity index (χ0) is 14.7. The van der Waals surface area contributed by atoms with E-state index < -0.39 is 5.97 Å². The molecule has 2 amide bonds. The molecule has 0 bridgehead atoms. The first kappa shape index (κ1) is 14.0. The fraction of sp³-hybridized carbons (Fsp3) is 0.357. The van der Waals surface area contributed by atoms with Crippen LogP contribution in [-0.2, 0) is 9.59 Å². The number of carboxylic acids is 1. The monoisotopic (exact) mass is 276 g/mol. The van der Waals surface area contributed by atoms with E-state index in [4.69, 9.17) is 5.11 Å². The van der Waals surface area contributed by atoms with Gasteiger partial charge in [0.1, 0.15) is 0 Å². The second kappa shape index (κ2) is 5.73. The number of rotatable bonds is 4. The molecule has 0 atom stereocenters. The molecule has 2 N–H and O–H groups in total. The Morgan fingerprint density at radius 2 is 1.85 bits per heavy atom. The van der Waals surface area contributed by atoms with Crippen LogP contribution in [0.25, 0.3) is 0 Å². The molecule has 0 aromatic heterocycles. The zero-order valence-corrected chi connectivity index (χ0v) is 11.1. The molecule has 0 unspecified atom stereocenters. The van der Waals surface area contributed by atoms with Crippen molar-refractivity contribution in [3.05, 3.63) is 29.8 Å². The molecule has 1 fully saturated rings. The Morgan fingerprint density at radius 1 is 1.25 bits per heavy atom. The summed E-state index contributed by atoms with van der Waals surface area (Å²) in [6.45, 7) is 2.39. The van der Waals surface area contributed by atoms with Crippen molar-refractivity contribution in [1.82, 2.24) is 4.90 Å². The van der Waals surface area contributed by atoms with Crippen molar-refractivity contribution >= 4 is 23.5 Å². The lowest BCUT2D eigenvalue weighted by Gasteiger charge is -2.38. The molecule has 0 saturated carbocycles. The number of carboxylic acid groups (broad SMARTS) is 1. The van der Waals surface area contributed by atoms with Crippen LogP contribution in [0, 0.1) is 5.92 Å². The predicted octanol–water partition coefficient (Wildman–Crippen LogP) is 1.19. The Balaban J connectivity index is 1.91. The minimum absolute atomic E-state index is 0.0510. The third-order valence-electron chi connectivity index (χ3n) is 3.16. The first-order valence-electron chi connectivity index (χ1n) is 6.34. The second-order valence-corrected chi connectivity index (χ2v) is 4.93. The number of likely N-dealkylation sites (tertiary alicyclic amines) is 1. The van der Waals surface area contributed by atoms with Gasteiger partial charge in [-0.1, -0.05) is 0 Å². The molecule has 0 spiro atoms. The minimum atomic E-state index is -0.832. The summed E-state index contributed by atoms with van der Waals surface area (Å²) in [5, 5.41) is 11.3. The highest BCUT2D eigenvalue weighted by Gasteiger charge is 2.32. The lowest BCUT2D eigenvalue weighted by atomic mass is 9.95. The number of hydrogen-bond acceptors (Lipinski definition) is 3. The molecule has 6 heteroatoms. The van der Waals surface area contributed by atoms with E-state index in [1.54, 1.807) is 29.2 Å². The van der Waals surface area contributed by atoms with Crippen molar-refractivity contribution in [2.24, 2.45) is 5.92 Å². The molecule has 1 saturated heterocycles.